The van der Waals surface area contributed by atoms with Gasteiger partial charge in [0.05, 0.1) is 23.7 Å². The lowest BCUT2D eigenvalue weighted by Gasteiger charge is -2.41. The highest BCUT2D eigenvalue weighted by atomic mass is 35.5. The molecule has 1 aliphatic rings. The molecule has 0 aromatic heterocycles. The number of carbonyl (C=O) groups excluding carboxylic acids is 1. The second kappa shape index (κ2) is 9.98. The summed E-state index contributed by atoms with van der Waals surface area (Å²) in [6, 6.07) is 13.2. The molecule has 1 aromatic rings. The maximum atomic E-state index is 11.9. The molecule has 1 unspecified atom stereocenters. The maximum Gasteiger partial charge on any atom is 0.338 e. The fraction of sp³-hybridized carbons (Fsp3) is 0.571. The van der Waals surface area contributed by atoms with Crippen LogP contribution in [0.5, 0.6) is 0 Å². The molecular formula is C21H24Cl2N2O2. The number of carbonyl (C=O) groups is 1. The van der Waals surface area contributed by atoms with Gasteiger partial charge < -0.3 is 4.74 Å². The van der Waals surface area contributed by atoms with Crippen LogP contribution in [0.25, 0.3) is 0 Å². The lowest BCUT2D eigenvalue weighted by atomic mass is 9.64. The molecule has 4 nitrogen and oxygen atoms in total. The van der Waals surface area contributed by atoms with Crippen molar-refractivity contribution in [3.8, 4) is 12.1 Å². The van der Waals surface area contributed by atoms with E-state index in [4.69, 9.17) is 27.9 Å². The number of unbranched alkanes of at least 4 members (excludes halogenated alkanes) is 1. The highest BCUT2D eigenvalue weighted by Gasteiger charge is 2.50. The van der Waals surface area contributed by atoms with E-state index in [1.165, 1.54) is 0 Å². The van der Waals surface area contributed by atoms with E-state index in [1.807, 2.05) is 12.1 Å². The van der Waals surface area contributed by atoms with Crippen LogP contribution >= 0.6 is 23.2 Å². The van der Waals surface area contributed by atoms with Gasteiger partial charge in [-0.15, -0.1) is 0 Å². The highest BCUT2D eigenvalue weighted by Crippen LogP contribution is 2.51. The summed E-state index contributed by atoms with van der Waals surface area (Å²) in [4.78, 5) is 11.9. The van der Waals surface area contributed by atoms with Crippen LogP contribution in [-0.4, -0.2) is 16.9 Å². The molecule has 0 spiro atoms. The molecule has 0 amide bonds. The number of hydrogen-bond donors (Lipinski definition) is 0. The number of ether oxygens (including phenoxy) is 1. The number of rotatable bonds is 8. The van der Waals surface area contributed by atoms with Gasteiger partial charge in [0.25, 0.3) is 0 Å². The average Bonchev–Trinajstić information content (AvgIpc) is 2.71. The molecule has 27 heavy (non-hydrogen) atoms. The Balaban J connectivity index is 1.90. The Hall–Kier alpha value is -1.75. The minimum absolute atomic E-state index is 0.282. The lowest BCUT2D eigenvalue weighted by molar-refractivity contribution is 0.0492. The molecule has 1 atom stereocenters. The minimum atomic E-state index is -1.59. The molecular weight excluding hydrogens is 383 g/mol. The number of halogens is 2. The van der Waals surface area contributed by atoms with Crippen LogP contribution in [-0.2, 0) is 4.74 Å². The van der Waals surface area contributed by atoms with Crippen molar-refractivity contribution in [3.05, 3.63) is 35.9 Å². The zero-order chi connectivity index (χ0) is 19.8. The van der Waals surface area contributed by atoms with Crippen LogP contribution in [0.4, 0.5) is 0 Å². The average molecular weight is 407 g/mol. The minimum Gasteiger partial charge on any atom is -0.462 e. The maximum absolute atomic E-state index is 11.9. The first kappa shape index (κ1) is 21.5. The molecule has 0 aliphatic heterocycles. The molecule has 0 saturated heterocycles. The standard InChI is InChI=1S/C21H24Cl2N2O2/c22-21(23,16-25)18(20(15-24)12-6-2-7-13-20)11-5-8-14-27-19(26)17-9-3-1-4-10-17/h1,3-4,9-10,18H,2,5-8,11-14H2. The fourth-order valence-electron chi connectivity index (χ4n) is 3.88. The van der Waals surface area contributed by atoms with Crippen molar-refractivity contribution in [1.82, 2.24) is 0 Å². The van der Waals surface area contributed by atoms with Gasteiger partial charge in [0.15, 0.2) is 0 Å². The van der Waals surface area contributed by atoms with Crippen LogP contribution in [0.3, 0.4) is 0 Å². The molecule has 0 radical (unpaired) electrons. The monoisotopic (exact) mass is 406 g/mol. The number of esters is 1. The van der Waals surface area contributed by atoms with Crippen molar-refractivity contribution >= 4 is 29.2 Å². The number of alkyl halides is 2. The second-order valence-electron chi connectivity index (χ2n) is 7.11. The summed E-state index contributed by atoms with van der Waals surface area (Å²) in [5.74, 6) is -0.776. The van der Waals surface area contributed by atoms with Gasteiger partial charge in [-0.25, -0.2) is 4.79 Å². The smallest absolute Gasteiger partial charge is 0.338 e. The second-order valence-corrected chi connectivity index (χ2v) is 8.50. The Morgan fingerprint density at radius 2 is 1.81 bits per heavy atom. The van der Waals surface area contributed by atoms with E-state index < -0.39 is 15.7 Å². The van der Waals surface area contributed by atoms with Gasteiger partial charge >= 0.3 is 5.97 Å². The number of nitrogens with zero attached hydrogens (tertiary/aromatic N) is 2. The van der Waals surface area contributed by atoms with Gasteiger partial charge in [0.2, 0.25) is 4.33 Å². The van der Waals surface area contributed by atoms with E-state index in [-0.39, 0.29) is 12.6 Å². The Morgan fingerprint density at radius 1 is 1.15 bits per heavy atom. The first-order valence-electron chi connectivity index (χ1n) is 9.38. The number of benzene rings is 1. The first-order chi connectivity index (χ1) is 12.9. The predicted molar refractivity (Wildman–Crippen MR) is 105 cm³/mol. The van der Waals surface area contributed by atoms with Gasteiger partial charge in [0, 0.05) is 5.92 Å². The van der Waals surface area contributed by atoms with Gasteiger partial charge in [-0.05, 0) is 44.2 Å². The van der Waals surface area contributed by atoms with E-state index in [0.29, 0.717) is 24.8 Å². The molecule has 1 fully saturated rings. The van der Waals surface area contributed by atoms with E-state index in [9.17, 15) is 15.3 Å². The predicted octanol–water partition coefficient (Wildman–Crippen LogP) is 5.80. The van der Waals surface area contributed by atoms with Crippen LogP contribution in [0, 0.1) is 34.0 Å². The summed E-state index contributed by atoms with van der Waals surface area (Å²) in [7, 11) is 0. The van der Waals surface area contributed by atoms with Crippen LogP contribution in [0.2, 0.25) is 0 Å². The SMILES string of the molecule is N#CC(Cl)(Cl)C(CCCCOC(=O)c1ccccc1)C1(C#N)CCCCC1. The third kappa shape index (κ3) is 5.61. The Kier molecular flexibility index (Phi) is 7.96. The molecule has 1 aliphatic carbocycles. The van der Waals surface area contributed by atoms with Gasteiger partial charge in [-0.2, -0.15) is 10.5 Å². The van der Waals surface area contributed by atoms with E-state index in [2.05, 4.69) is 6.07 Å². The van der Waals surface area contributed by atoms with Crippen molar-refractivity contribution in [2.24, 2.45) is 11.3 Å². The number of nitriles is 2. The van der Waals surface area contributed by atoms with E-state index in [0.717, 1.165) is 32.1 Å². The van der Waals surface area contributed by atoms with E-state index in [1.54, 1.807) is 24.3 Å². The van der Waals surface area contributed by atoms with Crippen molar-refractivity contribution in [3.63, 3.8) is 0 Å². The Morgan fingerprint density at radius 3 is 2.41 bits per heavy atom. The van der Waals surface area contributed by atoms with Crippen LogP contribution in [0.1, 0.15) is 61.7 Å². The van der Waals surface area contributed by atoms with Crippen LogP contribution < -0.4 is 0 Å². The summed E-state index contributed by atoms with van der Waals surface area (Å²) in [5, 5.41) is 19.2. The normalized spacial score (nSPS) is 17.3. The largest absolute Gasteiger partial charge is 0.462 e. The fourth-order valence-corrected chi connectivity index (χ4v) is 4.51. The van der Waals surface area contributed by atoms with Crippen molar-refractivity contribution in [1.29, 1.82) is 10.5 Å². The van der Waals surface area contributed by atoms with Gasteiger partial charge in [-0.3, -0.25) is 0 Å². The van der Waals surface area contributed by atoms with Crippen LogP contribution in [0.15, 0.2) is 30.3 Å². The molecule has 1 aromatic carbocycles. The summed E-state index contributed by atoms with van der Waals surface area (Å²) in [6.07, 6.45) is 6.31. The summed E-state index contributed by atoms with van der Waals surface area (Å²) in [6.45, 7) is 0.282. The highest BCUT2D eigenvalue weighted by molar-refractivity contribution is 6.50. The molecule has 144 valence electrons. The number of hydrogen-bond acceptors (Lipinski definition) is 4. The van der Waals surface area contributed by atoms with Gasteiger partial charge in [0.1, 0.15) is 6.07 Å². The van der Waals surface area contributed by atoms with Gasteiger partial charge in [-0.1, -0.05) is 60.7 Å². The third-order valence-electron chi connectivity index (χ3n) is 5.35. The zero-order valence-corrected chi connectivity index (χ0v) is 16.8. The molecule has 1 saturated carbocycles. The Labute approximate surface area is 171 Å². The zero-order valence-electron chi connectivity index (χ0n) is 15.3. The van der Waals surface area contributed by atoms with Crippen molar-refractivity contribution in [2.75, 3.05) is 6.61 Å². The van der Waals surface area contributed by atoms with Crippen molar-refractivity contribution < 1.29 is 9.53 Å². The first-order valence-corrected chi connectivity index (χ1v) is 10.1. The topological polar surface area (TPSA) is 73.9 Å². The van der Waals surface area contributed by atoms with Crippen molar-refractivity contribution in [2.45, 2.75) is 55.7 Å². The summed E-state index contributed by atoms with van der Waals surface area (Å²) in [5.41, 5.74) is -0.135. The lowest BCUT2D eigenvalue weighted by Crippen LogP contribution is -2.41. The molecule has 6 heteroatoms. The summed E-state index contributed by atoms with van der Waals surface area (Å²) >= 11 is 12.6. The third-order valence-corrected chi connectivity index (χ3v) is 6.05. The quantitative estimate of drug-likeness (QED) is 0.310. The molecule has 0 bridgehead atoms. The molecule has 0 heterocycles. The van der Waals surface area contributed by atoms with E-state index >= 15 is 0 Å². The molecule has 0 N–H and O–H groups in total. The Bertz CT molecular complexity index is 701. The summed E-state index contributed by atoms with van der Waals surface area (Å²) < 4.78 is 3.69. The molecule has 2 rings (SSSR count).